The van der Waals surface area contributed by atoms with Crippen molar-refractivity contribution in [3.05, 3.63) is 18.7 Å². The minimum Gasteiger partial charge on any atom is -0.395 e. The zero-order valence-electron chi connectivity index (χ0n) is 12.0. The number of hydrogen-bond acceptors (Lipinski definition) is 8. The Labute approximate surface area is 122 Å². The number of nitrogen functional groups attached to an aromatic ring is 1. The van der Waals surface area contributed by atoms with Crippen molar-refractivity contribution in [2.75, 3.05) is 30.0 Å². The van der Waals surface area contributed by atoms with E-state index in [4.69, 9.17) is 5.84 Å². The average molecular weight is 292 g/mol. The lowest BCUT2D eigenvalue weighted by molar-refractivity contribution is 0.301. The molecule has 0 bridgehead atoms. The maximum Gasteiger partial charge on any atom is 0.243 e. The van der Waals surface area contributed by atoms with Gasteiger partial charge in [-0.1, -0.05) is 13.3 Å². The predicted molar refractivity (Wildman–Crippen MR) is 79.0 cm³/mol. The molecule has 0 radical (unpaired) electrons. The standard InChI is InChI=1S/C12H20N8O/c1-2-3-5-19(7-8-21)11-15-10(18-13)16-12(17-11)20-6-4-14-9-20/h4,6,9,21H,2-3,5,7-8,13H2,1H3,(H,15,16,17,18). The lowest BCUT2D eigenvalue weighted by Gasteiger charge is -2.22. The monoisotopic (exact) mass is 292 g/mol. The molecule has 2 aromatic heterocycles. The third-order valence-electron chi connectivity index (χ3n) is 2.91. The largest absolute Gasteiger partial charge is 0.395 e. The van der Waals surface area contributed by atoms with Gasteiger partial charge in [-0.05, 0) is 6.42 Å². The highest BCUT2D eigenvalue weighted by atomic mass is 16.3. The third-order valence-corrected chi connectivity index (χ3v) is 2.91. The minimum absolute atomic E-state index is 0.0290. The van der Waals surface area contributed by atoms with E-state index >= 15 is 0 Å². The Morgan fingerprint density at radius 3 is 2.81 bits per heavy atom. The molecule has 0 aliphatic heterocycles. The zero-order valence-corrected chi connectivity index (χ0v) is 12.0. The van der Waals surface area contributed by atoms with Gasteiger partial charge >= 0.3 is 0 Å². The van der Waals surface area contributed by atoms with Crippen molar-refractivity contribution in [1.82, 2.24) is 24.5 Å². The van der Waals surface area contributed by atoms with Gasteiger partial charge in [-0.25, -0.2) is 10.8 Å². The van der Waals surface area contributed by atoms with E-state index in [0.29, 0.717) is 18.4 Å². The molecule has 0 fully saturated rings. The first-order chi connectivity index (χ1) is 10.3. The summed E-state index contributed by atoms with van der Waals surface area (Å²) in [5.74, 6) is 6.58. The number of aromatic nitrogens is 5. The van der Waals surface area contributed by atoms with Gasteiger partial charge in [-0.3, -0.25) is 9.99 Å². The molecule has 0 spiro atoms. The SMILES string of the molecule is CCCCN(CCO)c1nc(NN)nc(-n2ccnc2)n1. The fourth-order valence-corrected chi connectivity index (χ4v) is 1.83. The Kier molecular flexibility index (Phi) is 5.41. The summed E-state index contributed by atoms with van der Waals surface area (Å²) in [6, 6.07) is 0. The fourth-order valence-electron chi connectivity index (χ4n) is 1.83. The first kappa shape index (κ1) is 15.1. The van der Waals surface area contributed by atoms with Crippen molar-refractivity contribution >= 4 is 11.9 Å². The zero-order chi connectivity index (χ0) is 15.1. The molecule has 0 saturated heterocycles. The van der Waals surface area contributed by atoms with Crippen LogP contribution in [-0.4, -0.2) is 49.3 Å². The quantitative estimate of drug-likeness (QED) is 0.457. The molecule has 0 aromatic carbocycles. The van der Waals surface area contributed by atoms with Crippen molar-refractivity contribution in [2.24, 2.45) is 5.84 Å². The normalized spacial score (nSPS) is 10.6. The molecule has 0 saturated carbocycles. The molecule has 21 heavy (non-hydrogen) atoms. The number of aliphatic hydroxyl groups is 1. The molecule has 0 atom stereocenters. The van der Waals surface area contributed by atoms with Crippen molar-refractivity contribution in [3.8, 4) is 5.95 Å². The summed E-state index contributed by atoms with van der Waals surface area (Å²) >= 11 is 0. The van der Waals surface area contributed by atoms with Crippen molar-refractivity contribution in [3.63, 3.8) is 0 Å². The number of nitrogens with two attached hydrogens (primary N) is 1. The van der Waals surface area contributed by atoms with Crippen LogP contribution >= 0.6 is 0 Å². The Hall–Kier alpha value is -2.26. The van der Waals surface area contributed by atoms with E-state index in [-0.39, 0.29) is 12.6 Å². The molecule has 9 heteroatoms. The van der Waals surface area contributed by atoms with E-state index in [9.17, 15) is 5.11 Å². The first-order valence-electron chi connectivity index (χ1n) is 6.85. The van der Waals surface area contributed by atoms with Crippen LogP contribution in [0.3, 0.4) is 0 Å². The van der Waals surface area contributed by atoms with Crippen LogP contribution in [0.5, 0.6) is 0 Å². The summed E-state index contributed by atoms with van der Waals surface area (Å²) in [5.41, 5.74) is 2.44. The lowest BCUT2D eigenvalue weighted by atomic mass is 10.3. The summed E-state index contributed by atoms with van der Waals surface area (Å²) in [6.07, 6.45) is 7.01. The maximum atomic E-state index is 9.21. The van der Waals surface area contributed by atoms with Gasteiger partial charge in [0.15, 0.2) is 0 Å². The number of nitrogens with zero attached hydrogens (tertiary/aromatic N) is 6. The summed E-state index contributed by atoms with van der Waals surface area (Å²) in [5, 5.41) is 9.21. The van der Waals surface area contributed by atoms with Gasteiger partial charge in [0.2, 0.25) is 17.8 Å². The van der Waals surface area contributed by atoms with Crippen LogP contribution in [0, 0.1) is 0 Å². The highest BCUT2D eigenvalue weighted by Gasteiger charge is 2.13. The maximum absolute atomic E-state index is 9.21. The molecule has 4 N–H and O–H groups in total. The molecule has 9 nitrogen and oxygen atoms in total. The minimum atomic E-state index is 0.0290. The van der Waals surface area contributed by atoms with Crippen molar-refractivity contribution in [2.45, 2.75) is 19.8 Å². The van der Waals surface area contributed by atoms with E-state index in [1.165, 1.54) is 0 Å². The molecular formula is C12H20N8O. The molecule has 2 aromatic rings. The number of hydrazine groups is 1. The summed E-state index contributed by atoms with van der Waals surface area (Å²) < 4.78 is 1.67. The highest BCUT2D eigenvalue weighted by Crippen LogP contribution is 2.13. The second-order valence-electron chi connectivity index (χ2n) is 4.44. The van der Waals surface area contributed by atoms with Crippen LogP contribution < -0.4 is 16.2 Å². The number of unbranched alkanes of at least 4 members (excludes halogenated alkanes) is 1. The van der Waals surface area contributed by atoms with E-state index in [0.717, 1.165) is 19.4 Å². The Morgan fingerprint density at radius 2 is 2.19 bits per heavy atom. The van der Waals surface area contributed by atoms with Gasteiger partial charge in [0.25, 0.3) is 0 Å². The van der Waals surface area contributed by atoms with Gasteiger partial charge in [0.05, 0.1) is 6.61 Å². The topological polar surface area (TPSA) is 118 Å². The van der Waals surface area contributed by atoms with Crippen LogP contribution in [0.25, 0.3) is 5.95 Å². The first-order valence-corrected chi connectivity index (χ1v) is 6.85. The van der Waals surface area contributed by atoms with Crippen LogP contribution in [-0.2, 0) is 0 Å². The average Bonchev–Trinajstić information content (AvgIpc) is 3.05. The molecule has 114 valence electrons. The van der Waals surface area contributed by atoms with Crippen LogP contribution in [0.2, 0.25) is 0 Å². The van der Waals surface area contributed by atoms with Crippen molar-refractivity contribution < 1.29 is 5.11 Å². The number of nitrogens with one attached hydrogen (secondary N) is 1. The van der Waals surface area contributed by atoms with E-state index < -0.39 is 0 Å². The number of aliphatic hydroxyl groups excluding tert-OH is 1. The molecule has 0 aliphatic carbocycles. The van der Waals surface area contributed by atoms with Gasteiger partial charge in [0, 0.05) is 25.5 Å². The molecule has 0 amide bonds. The summed E-state index contributed by atoms with van der Waals surface area (Å²) in [6.45, 7) is 3.35. The van der Waals surface area contributed by atoms with Gasteiger partial charge in [0.1, 0.15) is 6.33 Å². The number of hydrogen-bond donors (Lipinski definition) is 3. The second-order valence-corrected chi connectivity index (χ2v) is 4.44. The number of rotatable bonds is 8. The molecule has 2 heterocycles. The molecular weight excluding hydrogens is 272 g/mol. The Bertz CT molecular complexity index is 544. The van der Waals surface area contributed by atoms with E-state index in [1.54, 1.807) is 23.3 Å². The number of anilines is 2. The van der Waals surface area contributed by atoms with Gasteiger partial charge in [-0.15, -0.1) is 0 Å². The Balaban J connectivity index is 2.34. The molecule has 0 unspecified atom stereocenters. The number of imidazole rings is 1. The molecule has 2 rings (SSSR count). The predicted octanol–water partition coefficient (Wildman–Crippen LogP) is -0.0583. The fraction of sp³-hybridized carbons (Fsp3) is 0.500. The summed E-state index contributed by atoms with van der Waals surface area (Å²) in [4.78, 5) is 18.7. The highest BCUT2D eigenvalue weighted by molar-refractivity contribution is 5.39. The van der Waals surface area contributed by atoms with Crippen LogP contribution in [0.4, 0.5) is 11.9 Å². The molecule has 0 aliphatic rings. The van der Waals surface area contributed by atoms with Crippen LogP contribution in [0.1, 0.15) is 19.8 Å². The van der Waals surface area contributed by atoms with Gasteiger partial charge in [-0.2, -0.15) is 15.0 Å². The third kappa shape index (κ3) is 3.86. The van der Waals surface area contributed by atoms with E-state index in [2.05, 4.69) is 32.3 Å². The van der Waals surface area contributed by atoms with Crippen molar-refractivity contribution in [1.29, 1.82) is 0 Å². The smallest absolute Gasteiger partial charge is 0.243 e. The second kappa shape index (κ2) is 7.50. The Morgan fingerprint density at radius 1 is 1.33 bits per heavy atom. The van der Waals surface area contributed by atoms with Gasteiger partial charge < -0.3 is 10.0 Å². The van der Waals surface area contributed by atoms with E-state index in [1.807, 2.05) is 4.90 Å². The summed E-state index contributed by atoms with van der Waals surface area (Å²) in [7, 11) is 0. The lowest BCUT2D eigenvalue weighted by Crippen LogP contribution is -2.30. The van der Waals surface area contributed by atoms with Crippen LogP contribution in [0.15, 0.2) is 18.7 Å².